The molecule has 81 heavy (non-hydrogen) atoms. The molecule has 0 radical (unpaired) electrons. The fourth-order valence-electron chi connectivity index (χ4n) is 15.1. The molecule has 1 unspecified atom stereocenters. The van der Waals surface area contributed by atoms with Crippen molar-refractivity contribution in [3.63, 3.8) is 0 Å². The molecule has 2 aromatic heterocycles. The molecule has 0 fully saturated rings. The molecular formula is C79H48N2. The first-order chi connectivity index (χ1) is 40.2. The summed E-state index contributed by atoms with van der Waals surface area (Å²) >= 11 is 0. The van der Waals surface area contributed by atoms with Gasteiger partial charge in [0.15, 0.2) is 0 Å². The minimum Gasteiger partial charge on any atom is -0.309 e. The van der Waals surface area contributed by atoms with Crippen molar-refractivity contribution in [2.75, 3.05) is 0 Å². The highest BCUT2D eigenvalue weighted by atomic mass is 15.0. The summed E-state index contributed by atoms with van der Waals surface area (Å²) < 4.78 is 4.87. The Morgan fingerprint density at radius 3 is 1.28 bits per heavy atom. The normalized spacial score (nSPS) is 14.2. The van der Waals surface area contributed by atoms with E-state index in [-0.39, 0.29) is 0 Å². The molecule has 2 aliphatic rings. The van der Waals surface area contributed by atoms with E-state index in [1.807, 2.05) is 0 Å². The van der Waals surface area contributed by atoms with Crippen LogP contribution in [0.4, 0.5) is 0 Å². The lowest BCUT2D eigenvalue weighted by molar-refractivity contribution is 0.801. The summed E-state index contributed by atoms with van der Waals surface area (Å²) in [4.78, 5) is 0. The second kappa shape index (κ2) is 16.7. The van der Waals surface area contributed by atoms with E-state index in [1.54, 1.807) is 0 Å². The monoisotopic (exact) mass is 1020 g/mol. The Balaban J connectivity index is 0.958. The highest BCUT2D eigenvalue weighted by molar-refractivity contribution is 6.22. The van der Waals surface area contributed by atoms with Crippen LogP contribution in [0.2, 0.25) is 0 Å². The van der Waals surface area contributed by atoms with Gasteiger partial charge in [-0.2, -0.15) is 0 Å². The third-order valence-corrected chi connectivity index (χ3v) is 18.3. The minimum atomic E-state index is -0.537. The molecule has 18 rings (SSSR count). The predicted octanol–water partition coefficient (Wildman–Crippen LogP) is 20.7. The van der Waals surface area contributed by atoms with Gasteiger partial charge in [-0.1, -0.05) is 237 Å². The van der Waals surface area contributed by atoms with Crippen LogP contribution in [0.3, 0.4) is 0 Å². The first kappa shape index (κ1) is 44.4. The van der Waals surface area contributed by atoms with Gasteiger partial charge in [0.25, 0.3) is 0 Å². The molecule has 0 saturated heterocycles. The average Bonchev–Trinajstić information content (AvgIpc) is 4.38. The van der Waals surface area contributed by atoms with E-state index in [0.717, 1.165) is 11.4 Å². The van der Waals surface area contributed by atoms with Crippen LogP contribution in [0.25, 0.3) is 143 Å². The number of nitrogens with zero attached hydrogens (tertiary/aromatic N) is 2. The maximum atomic E-state index is 2.51. The predicted molar refractivity (Wildman–Crippen MR) is 340 cm³/mol. The van der Waals surface area contributed by atoms with Gasteiger partial charge in [-0.05, 0) is 165 Å². The van der Waals surface area contributed by atoms with Gasteiger partial charge >= 0.3 is 0 Å². The van der Waals surface area contributed by atoms with E-state index in [4.69, 9.17) is 0 Å². The minimum absolute atomic E-state index is 0.537. The van der Waals surface area contributed by atoms with Crippen LogP contribution < -0.4 is 0 Å². The Labute approximate surface area is 468 Å². The summed E-state index contributed by atoms with van der Waals surface area (Å²) in [6.07, 6.45) is 0. The van der Waals surface area contributed by atoms with Crippen molar-refractivity contribution in [3.8, 4) is 67.0 Å². The van der Waals surface area contributed by atoms with Crippen molar-refractivity contribution in [3.05, 3.63) is 313 Å². The number of fused-ring (bicyclic) bond motifs is 20. The summed E-state index contributed by atoms with van der Waals surface area (Å²) in [7, 11) is 0. The number of para-hydroxylation sites is 4. The van der Waals surface area contributed by atoms with Crippen molar-refractivity contribution in [2.45, 2.75) is 5.41 Å². The molecule has 2 aliphatic carbocycles. The van der Waals surface area contributed by atoms with E-state index in [0.29, 0.717) is 0 Å². The molecule has 16 aromatic rings. The molecule has 2 nitrogen and oxygen atoms in total. The summed E-state index contributed by atoms with van der Waals surface area (Å²) in [6, 6.07) is 110. The first-order valence-corrected chi connectivity index (χ1v) is 28.2. The zero-order chi connectivity index (χ0) is 52.9. The van der Waals surface area contributed by atoms with Crippen LogP contribution in [0.1, 0.15) is 22.3 Å². The van der Waals surface area contributed by atoms with Gasteiger partial charge in [0, 0.05) is 32.9 Å². The van der Waals surface area contributed by atoms with Gasteiger partial charge in [0.1, 0.15) is 0 Å². The van der Waals surface area contributed by atoms with Crippen molar-refractivity contribution < 1.29 is 0 Å². The molecular weight excluding hydrogens is 977 g/mol. The smallest absolute Gasteiger partial charge is 0.0731 e. The van der Waals surface area contributed by atoms with Crippen LogP contribution in [-0.4, -0.2) is 9.13 Å². The van der Waals surface area contributed by atoms with Gasteiger partial charge in [0.05, 0.1) is 27.5 Å². The standard InChI is InChI=1S/C79H48N2/c1-3-21-52(22-4-1)80-72-38-15-11-27-58(72)60-43-41-50(46-74(60)80)54-30-17-32-62-67(54)48-68-55(51-42-44-61-59-28-12-16-39-73(59)81(75(61)47-51)53-23-5-2-6-24-53)31-18-33-63(68)76(62)66-34-19-37-71-77(66)65-29-10-14-36-70(65)79(71)69-35-13-9-26-57(69)64-45-40-49-20-7-8-25-56(49)78(64)79/h1-48H. The number of hydrogen-bond acceptors (Lipinski definition) is 0. The van der Waals surface area contributed by atoms with Crippen LogP contribution in [0.5, 0.6) is 0 Å². The third-order valence-electron chi connectivity index (χ3n) is 18.3. The van der Waals surface area contributed by atoms with E-state index in [1.165, 1.54) is 154 Å². The topological polar surface area (TPSA) is 9.86 Å². The fraction of sp³-hybridized carbons (Fsp3) is 0.0127. The molecule has 0 amide bonds. The molecule has 0 N–H and O–H groups in total. The Morgan fingerprint density at radius 1 is 0.222 bits per heavy atom. The zero-order valence-corrected chi connectivity index (χ0v) is 44.1. The van der Waals surface area contributed by atoms with Gasteiger partial charge in [-0.25, -0.2) is 0 Å². The molecule has 0 aliphatic heterocycles. The quantitative estimate of drug-likeness (QED) is 0.152. The molecule has 0 saturated carbocycles. The average molecular weight is 1030 g/mol. The lowest BCUT2D eigenvalue weighted by Crippen LogP contribution is -2.26. The van der Waals surface area contributed by atoms with Gasteiger partial charge in [-0.15, -0.1) is 0 Å². The number of hydrogen-bond donors (Lipinski definition) is 0. The fourth-order valence-corrected chi connectivity index (χ4v) is 15.1. The second-order valence-electron chi connectivity index (χ2n) is 22.2. The van der Waals surface area contributed by atoms with Crippen molar-refractivity contribution in [1.82, 2.24) is 9.13 Å². The van der Waals surface area contributed by atoms with Crippen molar-refractivity contribution in [1.29, 1.82) is 0 Å². The lowest BCUT2D eigenvalue weighted by Gasteiger charge is -2.31. The van der Waals surface area contributed by atoms with Crippen LogP contribution in [0, 0.1) is 0 Å². The Bertz CT molecular complexity index is 5130. The molecule has 2 heteroatoms. The lowest BCUT2D eigenvalue weighted by atomic mass is 9.69. The molecule has 14 aromatic carbocycles. The van der Waals surface area contributed by atoms with E-state index in [2.05, 4.69) is 300 Å². The number of rotatable bonds is 5. The van der Waals surface area contributed by atoms with E-state index in [9.17, 15) is 0 Å². The van der Waals surface area contributed by atoms with Gasteiger partial charge < -0.3 is 9.13 Å². The van der Waals surface area contributed by atoms with Gasteiger partial charge in [-0.3, -0.25) is 0 Å². The molecule has 2 heterocycles. The van der Waals surface area contributed by atoms with E-state index < -0.39 is 5.41 Å². The maximum absolute atomic E-state index is 2.51. The molecule has 1 atom stereocenters. The summed E-state index contributed by atoms with van der Waals surface area (Å²) in [6.45, 7) is 0. The highest BCUT2D eigenvalue weighted by Gasteiger charge is 2.53. The molecule has 1 spiro atoms. The van der Waals surface area contributed by atoms with Crippen LogP contribution in [-0.2, 0) is 5.41 Å². The summed E-state index contributed by atoms with van der Waals surface area (Å²) in [5.41, 5.74) is 24.4. The summed E-state index contributed by atoms with van der Waals surface area (Å²) in [5.74, 6) is 0. The Morgan fingerprint density at radius 2 is 0.667 bits per heavy atom. The van der Waals surface area contributed by atoms with Crippen molar-refractivity contribution in [2.24, 2.45) is 0 Å². The maximum Gasteiger partial charge on any atom is 0.0731 e. The Hall–Kier alpha value is -10.5. The zero-order valence-electron chi connectivity index (χ0n) is 44.1. The number of benzene rings is 14. The van der Waals surface area contributed by atoms with Gasteiger partial charge in [0.2, 0.25) is 0 Å². The third kappa shape index (κ3) is 6.00. The highest BCUT2D eigenvalue weighted by Crippen LogP contribution is 2.66. The van der Waals surface area contributed by atoms with E-state index >= 15 is 0 Å². The molecule has 0 bridgehead atoms. The summed E-state index contributed by atoms with van der Waals surface area (Å²) in [5, 5.41) is 12.4. The second-order valence-corrected chi connectivity index (χ2v) is 22.2. The van der Waals surface area contributed by atoms with Crippen LogP contribution in [0.15, 0.2) is 291 Å². The van der Waals surface area contributed by atoms with Crippen LogP contribution >= 0.6 is 0 Å². The first-order valence-electron chi connectivity index (χ1n) is 28.2. The Kier molecular flexibility index (Phi) is 9.18. The number of aromatic nitrogens is 2. The SMILES string of the molecule is c1ccc(-n2c3ccccc3c3ccc(-c4cccc5c(-c6cccc7c6-c6ccccc6C76c7ccccc7-c7ccc8ccccc8c76)c6cccc(-c7ccc8c9ccccc9n(-c9ccccc9)c8c7)c6cc45)cc32)cc1. The largest absolute Gasteiger partial charge is 0.309 e. The molecule has 374 valence electrons. The van der Waals surface area contributed by atoms with Crippen molar-refractivity contribution >= 4 is 75.9 Å².